The summed E-state index contributed by atoms with van der Waals surface area (Å²) in [6, 6.07) is 3.78. The highest BCUT2D eigenvalue weighted by Gasteiger charge is 2.30. The van der Waals surface area contributed by atoms with Crippen LogP contribution in [0.3, 0.4) is 0 Å². The second-order valence-electron chi connectivity index (χ2n) is 6.83. The number of nitrogens with zero attached hydrogens (tertiary/aromatic N) is 4. The second kappa shape index (κ2) is 7.09. The van der Waals surface area contributed by atoms with Crippen molar-refractivity contribution in [3.63, 3.8) is 0 Å². The van der Waals surface area contributed by atoms with Gasteiger partial charge in [0.05, 0.1) is 10.5 Å². The van der Waals surface area contributed by atoms with E-state index in [1.54, 1.807) is 23.7 Å². The summed E-state index contributed by atoms with van der Waals surface area (Å²) in [4.78, 5) is 34.6. The first-order chi connectivity index (χ1) is 13.0. The Morgan fingerprint density at radius 3 is 2.63 bits per heavy atom. The van der Waals surface area contributed by atoms with Crippen molar-refractivity contribution >= 4 is 51.7 Å². The monoisotopic (exact) mass is 400 g/mol. The van der Waals surface area contributed by atoms with E-state index in [0.717, 1.165) is 31.5 Å². The van der Waals surface area contributed by atoms with Crippen molar-refractivity contribution in [3.8, 4) is 0 Å². The van der Waals surface area contributed by atoms with Gasteiger partial charge in [0.2, 0.25) is 0 Å². The molecule has 27 heavy (non-hydrogen) atoms. The Morgan fingerprint density at radius 2 is 1.96 bits per heavy atom. The molecule has 0 unspecified atom stereocenters. The Morgan fingerprint density at radius 1 is 1.22 bits per heavy atom. The molecule has 0 radical (unpaired) electrons. The van der Waals surface area contributed by atoms with Crippen LogP contribution in [0.4, 0.5) is 5.82 Å². The zero-order valence-corrected chi connectivity index (χ0v) is 16.9. The number of likely N-dealkylation sites (N-methyl/N-ethyl adjacent to an activating group) is 1. The maximum absolute atomic E-state index is 13.3. The summed E-state index contributed by atoms with van der Waals surface area (Å²) in [5, 5.41) is 0. The van der Waals surface area contributed by atoms with E-state index in [0.29, 0.717) is 26.3 Å². The topological polar surface area (TPSA) is 57.9 Å². The average molecular weight is 401 g/mol. The maximum Gasteiger partial charge on any atom is 0.267 e. The van der Waals surface area contributed by atoms with E-state index in [1.165, 1.54) is 23.1 Å². The zero-order chi connectivity index (χ0) is 19.1. The van der Waals surface area contributed by atoms with E-state index >= 15 is 0 Å². The molecule has 0 aromatic carbocycles. The van der Waals surface area contributed by atoms with Gasteiger partial charge in [-0.15, -0.1) is 0 Å². The molecule has 1 amide bonds. The van der Waals surface area contributed by atoms with Crippen LogP contribution in [0.15, 0.2) is 28.0 Å². The third-order valence-electron chi connectivity index (χ3n) is 4.98. The SMILES string of the molecule is Cc1cccn2c(=O)c(/C=C3/SC(=S)N(C)C3=O)c(N3CCCCC3)nc12. The number of rotatable bonds is 2. The fourth-order valence-electron chi connectivity index (χ4n) is 3.45. The van der Waals surface area contributed by atoms with Gasteiger partial charge in [-0.3, -0.25) is 18.9 Å². The smallest absolute Gasteiger partial charge is 0.267 e. The van der Waals surface area contributed by atoms with Crippen molar-refractivity contribution < 1.29 is 4.79 Å². The van der Waals surface area contributed by atoms with Crippen molar-refractivity contribution in [2.45, 2.75) is 26.2 Å². The molecule has 6 nitrogen and oxygen atoms in total. The number of carbonyl (C=O) groups excluding carboxylic acids is 1. The number of hydrogen-bond acceptors (Lipinski definition) is 6. The summed E-state index contributed by atoms with van der Waals surface area (Å²) < 4.78 is 2.05. The molecule has 0 atom stereocenters. The number of aryl methyl sites for hydroxylation is 1. The number of thioether (sulfide) groups is 1. The van der Waals surface area contributed by atoms with Crippen LogP contribution in [0.5, 0.6) is 0 Å². The largest absolute Gasteiger partial charge is 0.356 e. The summed E-state index contributed by atoms with van der Waals surface area (Å²) in [6.07, 6.45) is 6.72. The van der Waals surface area contributed by atoms with Gasteiger partial charge in [-0.25, -0.2) is 4.98 Å². The summed E-state index contributed by atoms with van der Waals surface area (Å²) in [5.41, 5.74) is 1.89. The first-order valence-electron chi connectivity index (χ1n) is 8.96. The van der Waals surface area contributed by atoms with Crippen LogP contribution in [0.2, 0.25) is 0 Å². The number of pyridine rings is 1. The van der Waals surface area contributed by atoms with E-state index in [9.17, 15) is 9.59 Å². The third-order valence-corrected chi connectivity index (χ3v) is 6.47. The van der Waals surface area contributed by atoms with E-state index in [4.69, 9.17) is 17.2 Å². The molecule has 2 saturated heterocycles. The number of piperidine rings is 1. The molecule has 0 aliphatic carbocycles. The molecule has 2 aromatic heterocycles. The summed E-state index contributed by atoms with van der Waals surface area (Å²) in [7, 11) is 1.65. The Labute approximate surface area is 166 Å². The minimum Gasteiger partial charge on any atom is -0.356 e. The van der Waals surface area contributed by atoms with Crippen LogP contribution in [0.1, 0.15) is 30.4 Å². The van der Waals surface area contributed by atoms with Gasteiger partial charge in [-0.05, 0) is 43.9 Å². The molecule has 140 valence electrons. The minimum atomic E-state index is -0.177. The Balaban J connectivity index is 1.95. The van der Waals surface area contributed by atoms with Crippen LogP contribution in [0.25, 0.3) is 11.7 Å². The number of amides is 1. The number of hydrogen-bond donors (Lipinski definition) is 0. The highest BCUT2D eigenvalue weighted by molar-refractivity contribution is 8.26. The molecule has 4 rings (SSSR count). The molecule has 8 heteroatoms. The molecule has 2 aliphatic rings. The number of aromatic nitrogens is 2. The highest BCUT2D eigenvalue weighted by atomic mass is 32.2. The lowest BCUT2D eigenvalue weighted by Gasteiger charge is -2.29. The van der Waals surface area contributed by atoms with Gasteiger partial charge in [0.1, 0.15) is 15.8 Å². The normalized spacial score (nSPS) is 19.6. The van der Waals surface area contributed by atoms with Crippen molar-refractivity contribution in [3.05, 3.63) is 44.7 Å². The fraction of sp³-hybridized carbons (Fsp3) is 0.368. The standard InChI is InChI=1S/C19H20N4O2S2/c1-12-7-6-10-23-15(12)20-16(22-8-4-3-5-9-22)13(17(23)24)11-14-18(25)21(2)19(26)27-14/h6-7,10-11H,3-5,8-9H2,1-2H3/b14-11+. The van der Waals surface area contributed by atoms with Crippen LogP contribution >= 0.6 is 24.0 Å². The molecular weight excluding hydrogens is 380 g/mol. The van der Waals surface area contributed by atoms with Crippen LogP contribution in [0, 0.1) is 6.92 Å². The molecule has 2 fully saturated rings. The van der Waals surface area contributed by atoms with Gasteiger partial charge in [0.15, 0.2) is 0 Å². The Hall–Kier alpha value is -2.19. The fourth-order valence-corrected chi connectivity index (χ4v) is 4.61. The van der Waals surface area contributed by atoms with Crippen LogP contribution in [-0.4, -0.2) is 44.6 Å². The van der Waals surface area contributed by atoms with Crippen LogP contribution < -0.4 is 10.5 Å². The van der Waals surface area contributed by atoms with Gasteiger partial charge < -0.3 is 4.90 Å². The van der Waals surface area contributed by atoms with Gasteiger partial charge in [0.25, 0.3) is 11.5 Å². The van der Waals surface area contributed by atoms with Crippen molar-refractivity contribution in [2.75, 3.05) is 25.0 Å². The number of anilines is 1. The highest BCUT2D eigenvalue weighted by Crippen LogP contribution is 2.33. The summed E-state index contributed by atoms with van der Waals surface area (Å²) in [5.74, 6) is 0.485. The van der Waals surface area contributed by atoms with E-state index < -0.39 is 0 Å². The molecule has 2 aliphatic heterocycles. The number of thiocarbonyl (C=S) groups is 1. The van der Waals surface area contributed by atoms with Crippen molar-refractivity contribution in [1.29, 1.82) is 0 Å². The first kappa shape index (κ1) is 18.2. The lowest BCUT2D eigenvalue weighted by atomic mass is 10.1. The van der Waals surface area contributed by atoms with Gasteiger partial charge in [-0.2, -0.15) is 0 Å². The van der Waals surface area contributed by atoms with E-state index in [-0.39, 0.29) is 11.5 Å². The predicted molar refractivity (Wildman–Crippen MR) is 113 cm³/mol. The van der Waals surface area contributed by atoms with E-state index in [1.807, 2.05) is 19.1 Å². The third kappa shape index (κ3) is 3.17. The molecule has 0 bridgehead atoms. The quantitative estimate of drug-likeness (QED) is 0.571. The summed E-state index contributed by atoms with van der Waals surface area (Å²) in [6.45, 7) is 3.68. The van der Waals surface area contributed by atoms with Crippen LogP contribution in [-0.2, 0) is 4.79 Å². The molecule has 0 saturated carbocycles. The lowest BCUT2D eigenvalue weighted by Crippen LogP contribution is -2.33. The number of fused-ring (bicyclic) bond motifs is 1. The molecule has 2 aromatic rings. The molecule has 4 heterocycles. The second-order valence-corrected chi connectivity index (χ2v) is 8.50. The number of carbonyl (C=O) groups is 1. The minimum absolute atomic E-state index is 0.161. The summed E-state index contributed by atoms with van der Waals surface area (Å²) >= 11 is 6.44. The zero-order valence-electron chi connectivity index (χ0n) is 15.3. The Kier molecular flexibility index (Phi) is 4.77. The van der Waals surface area contributed by atoms with Gasteiger partial charge in [0, 0.05) is 26.3 Å². The predicted octanol–water partition coefficient (Wildman–Crippen LogP) is 2.82. The van der Waals surface area contributed by atoms with Gasteiger partial charge >= 0.3 is 0 Å². The van der Waals surface area contributed by atoms with Gasteiger partial charge in [-0.1, -0.05) is 30.0 Å². The van der Waals surface area contributed by atoms with Crippen molar-refractivity contribution in [1.82, 2.24) is 14.3 Å². The Bertz CT molecular complexity index is 1040. The van der Waals surface area contributed by atoms with E-state index in [2.05, 4.69) is 4.90 Å². The average Bonchev–Trinajstić information content (AvgIpc) is 2.92. The lowest BCUT2D eigenvalue weighted by molar-refractivity contribution is -0.121. The first-order valence-corrected chi connectivity index (χ1v) is 10.2. The maximum atomic E-state index is 13.3. The molecule has 0 N–H and O–H groups in total. The van der Waals surface area contributed by atoms with Crippen molar-refractivity contribution in [2.24, 2.45) is 0 Å². The molecule has 0 spiro atoms. The molecular formula is C19H20N4O2S2.